The Labute approximate surface area is 129 Å². The topological polar surface area (TPSA) is 51.2 Å². The molecule has 0 radical (unpaired) electrons. The fourth-order valence-corrected chi connectivity index (χ4v) is 2.41. The molecular weight excluding hydrogens is 284 g/mol. The van der Waals surface area contributed by atoms with Crippen LogP contribution in [0.15, 0.2) is 35.7 Å². The van der Waals surface area contributed by atoms with E-state index in [2.05, 4.69) is 9.69 Å². The highest BCUT2D eigenvalue weighted by atomic mass is 32.1. The first-order valence-corrected chi connectivity index (χ1v) is 7.67. The Hall–Kier alpha value is -1.72. The van der Waals surface area contributed by atoms with E-state index in [9.17, 15) is 4.79 Å². The van der Waals surface area contributed by atoms with Crippen molar-refractivity contribution < 1.29 is 9.53 Å². The summed E-state index contributed by atoms with van der Waals surface area (Å²) < 4.78 is 9.83. The maximum Gasteiger partial charge on any atom is 0.232 e. The van der Waals surface area contributed by atoms with Gasteiger partial charge in [-0.25, -0.2) is 0 Å². The molecule has 21 heavy (non-hydrogen) atoms. The van der Waals surface area contributed by atoms with Crippen LogP contribution in [0.4, 0.5) is 5.69 Å². The third-order valence-corrected chi connectivity index (χ3v) is 3.91. The van der Waals surface area contributed by atoms with E-state index in [1.54, 1.807) is 0 Å². The minimum atomic E-state index is -0.594. The molecule has 0 fully saturated rings. The number of benzene rings is 1. The molecule has 0 spiro atoms. The summed E-state index contributed by atoms with van der Waals surface area (Å²) in [6.45, 7) is 6.51. The number of aromatic nitrogens is 1. The van der Waals surface area contributed by atoms with Crippen molar-refractivity contribution in [2.75, 3.05) is 11.9 Å². The highest BCUT2D eigenvalue weighted by Crippen LogP contribution is 2.22. The van der Waals surface area contributed by atoms with Crippen LogP contribution in [0.2, 0.25) is 0 Å². The molecular formula is C16H20N2O2S. The number of carbonyl (C=O) groups excluding carboxylic acids is 1. The number of nitrogens with one attached hydrogen (secondary N) is 1. The number of anilines is 1. The highest BCUT2D eigenvalue weighted by molar-refractivity contribution is 7.04. The lowest BCUT2D eigenvalue weighted by atomic mass is 9.93. The molecule has 0 saturated carbocycles. The van der Waals surface area contributed by atoms with Gasteiger partial charge < -0.3 is 10.1 Å². The summed E-state index contributed by atoms with van der Waals surface area (Å²) in [6, 6.07) is 9.94. The fourth-order valence-electron chi connectivity index (χ4n) is 1.77. The lowest BCUT2D eigenvalue weighted by Gasteiger charge is -2.23. The Kier molecular flexibility index (Phi) is 5.09. The van der Waals surface area contributed by atoms with Gasteiger partial charge in [0, 0.05) is 5.38 Å². The normalized spacial score (nSPS) is 11.4. The Morgan fingerprint density at radius 1 is 1.33 bits per heavy atom. The minimum absolute atomic E-state index is 0.0566. The Morgan fingerprint density at radius 3 is 2.67 bits per heavy atom. The van der Waals surface area contributed by atoms with Crippen LogP contribution in [0.1, 0.15) is 25.1 Å². The molecule has 1 heterocycles. The maximum absolute atomic E-state index is 12.3. The van der Waals surface area contributed by atoms with Crippen molar-refractivity contribution >= 4 is 23.1 Å². The average Bonchev–Trinajstić information content (AvgIpc) is 2.85. The zero-order chi connectivity index (χ0) is 15.3. The average molecular weight is 304 g/mol. The molecule has 2 rings (SSSR count). The smallest absolute Gasteiger partial charge is 0.232 e. The minimum Gasteiger partial charge on any atom is -0.376 e. The van der Waals surface area contributed by atoms with Crippen molar-refractivity contribution in [1.82, 2.24) is 4.37 Å². The van der Waals surface area contributed by atoms with Gasteiger partial charge in [0.05, 0.1) is 30.0 Å². The lowest BCUT2D eigenvalue weighted by molar-refractivity contribution is -0.127. The van der Waals surface area contributed by atoms with Gasteiger partial charge in [0.2, 0.25) is 5.91 Å². The summed E-state index contributed by atoms with van der Waals surface area (Å²) in [4.78, 5) is 12.3. The second-order valence-corrected chi connectivity index (χ2v) is 6.26. The molecule has 0 aliphatic carbocycles. The zero-order valence-corrected chi connectivity index (χ0v) is 13.4. The van der Waals surface area contributed by atoms with E-state index in [-0.39, 0.29) is 5.91 Å². The van der Waals surface area contributed by atoms with Crippen molar-refractivity contribution in [1.29, 1.82) is 0 Å². The van der Waals surface area contributed by atoms with Crippen molar-refractivity contribution in [3.63, 3.8) is 0 Å². The molecule has 0 unspecified atom stereocenters. The van der Waals surface area contributed by atoms with Gasteiger partial charge in [0.15, 0.2) is 0 Å². The van der Waals surface area contributed by atoms with Crippen molar-refractivity contribution in [2.45, 2.75) is 27.4 Å². The van der Waals surface area contributed by atoms with E-state index in [1.807, 2.05) is 56.5 Å². The van der Waals surface area contributed by atoms with Crippen molar-refractivity contribution in [2.24, 2.45) is 5.41 Å². The van der Waals surface area contributed by atoms with Crippen LogP contribution in [0.3, 0.4) is 0 Å². The number of amides is 1. The highest BCUT2D eigenvalue weighted by Gasteiger charge is 2.28. The summed E-state index contributed by atoms with van der Waals surface area (Å²) >= 11 is 1.34. The first-order valence-electron chi connectivity index (χ1n) is 6.83. The summed E-state index contributed by atoms with van der Waals surface area (Å²) in [5, 5.41) is 4.75. The molecule has 1 amide bonds. The molecule has 0 saturated heterocycles. The van der Waals surface area contributed by atoms with E-state index in [0.29, 0.717) is 13.2 Å². The molecule has 0 atom stereocenters. The Bertz CT molecular complexity index is 593. The van der Waals surface area contributed by atoms with Crippen LogP contribution in [0.25, 0.3) is 0 Å². The summed E-state index contributed by atoms with van der Waals surface area (Å²) in [7, 11) is 0. The van der Waals surface area contributed by atoms with E-state index in [1.165, 1.54) is 11.5 Å². The number of hydrogen-bond donors (Lipinski definition) is 1. The van der Waals surface area contributed by atoms with E-state index < -0.39 is 5.41 Å². The van der Waals surface area contributed by atoms with Gasteiger partial charge >= 0.3 is 0 Å². The standard InChI is InChI=1S/C16H20N2O2S/c1-12-14(10-21-18-12)17-15(19)16(2,3)11-20-9-13-7-5-4-6-8-13/h4-8,10H,9,11H2,1-3H3,(H,17,19). The monoisotopic (exact) mass is 304 g/mol. The number of hydrogen-bond acceptors (Lipinski definition) is 4. The molecule has 2 aromatic rings. The number of ether oxygens (including phenoxy) is 1. The van der Waals surface area contributed by atoms with Gasteiger partial charge in [0.25, 0.3) is 0 Å². The number of nitrogens with zero attached hydrogens (tertiary/aromatic N) is 1. The van der Waals surface area contributed by atoms with Crippen LogP contribution in [-0.2, 0) is 16.1 Å². The molecule has 0 bridgehead atoms. The SMILES string of the molecule is Cc1nscc1NC(=O)C(C)(C)COCc1ccccc1. The number of rotatable bonds is 6. The summed E-state index contributed by atoms with van der Waals surface area (Å²) in [5.41, 5.74) is 2.13. The van der Waals surface area contributed by atoms with Crippen LogP contribution in [-0.4, -0.2) is 16.9 Å². The van der Waals surface area contributed by atoms with E-state index >= 15 is 0 Å². The van der Waals surface area contributed by atoms with Gasteiger partial charge in [-0.3, -0.25) is 4.79 Å². The van der Waals surface area contributed by atoms with Crippen LogP contribution >= 0.6 is 11.5 Å². The molecule has 1 aromatic carbocycles. The van der Waals surface area contributed by atoms with Gasteiger partial charge in [-0.2, -0.15) is 4.37 Å². The van der Waals surface area contributed by atoms with E-state index in [4.69, 9.17) is 4.74 Å². The summed E-state index contributed by atoms with van der Waals surface area (Å²) in [5.74, 6) is -0.0566. The lowest BCUT2D eigenvalue weighted by Crippen LogP contribution is -2.35. The molecule has 4 nitrogen and oxygen atoms in total. The van der Waals surface area contributed by atoms with E-state index in [0.717, 1.165) is 16.9 Å². The predicted molar refractivity (Wildman–Crippen MR) is 85.4 cm³/mol. The predicted octanol–water partition coefficient (Wildman–Crippen LogP) is 3.63. The van der Waals surface area contributed by atoms with Crippen molar-refractivity contribution in [3.05, 3.63) is 47.0 Å². The first kappa shape index (κ1) is 15.7. The summed E-state index contributed by atoms with van der Waals surface area (Å²) in [6.07, 6.45) is 0. The van der Waals surface area contributed by atoms with Crippen molar-refractivity contribution in [3.8, 4) is 0 Å². The molecule has 5 heteroatoms. The third-order valence-electron chi connectivity index (χ3n) is 3.19. The number of aryl methyl sites for hydroxylation is 1. The van der Waals surface area contributed by atoms with Gasteiger partial charge in [-0.05, 0) is 37.9 Å². The maximum atomic E-state index is 12.3. The second-order valence-electron chi connectivity index (χ2n) is 5.63. The molecule has 0 aliphatic rings. The zero-order valence-electron chi connectivity index (χ0n) is 12.6. The van der Waals surface area contributed by atoms with Gasteiger partial charge in [-0.1, -0.05) is 30.3 Å². The third kappa shape index (κ3) is 4.37. The van der Waals surface area contributed by atoms with Gasteiger partial charge in [0.1, 0.15) is 0 Å². The molecule has 1 aromatic heterocycles. The molecule has 112 valence electrons. The van der Waals surface area contributed by atoms with Crippen LogP contribution in [0, 0.1) is 12.3 Å². The van der Waals surface area contributed by atoms with Crippen LogP contribution in [0.5, 0.6) is 0 Å². The largest absolute Gasteiger partial charge is 0.376 e. The van der Waals surface area contributed by atoms with Crippen LogP contribution < -0.4 is 5.32 Å². The number of carbonyl (C=O) groups is 1. The molecule has 1 N–H and O–H groups in total. The quantitative estimate of drug-likeness (QED) is 0.886. The van der Waals surface area contributed by atoms with Gasteiger partial charge in [-0.15, -0.1) is 0 Å². The Morgan fingerprint density at radius 2 is 2.05 bits per heavy atom. The fraction of sp³-hybridized carbons (Fsp3) is 0.375. The Balaban J connectivity index is 1.86. The molecule has 0 aliphatic heterocycles. The first-order chi connectivity index (χ1) is 9.99. The second kappa shape index (κ2) is 6.83.